The number of rotatable bonds is 3. The van der Waals surface area contributed by atoms with Gasteiger partial charge in [0.1, 0.15) is 10.7 Å². The van der Waals surface area contributed by atoms with Gasteiger partial charge in [-0.15, -0.1) is 0 Å². The van der Waals surface area contributed by atoms with E-state index in [1.807, 2.05) is 18.2 Å². The van der Waals surface area contributed by atoms with E-state index < -0.39 is 5.97 Å². The first-order valence-corrected chi connectivity index (χ1v) is 6.62. The first-order valence-electron chi connectivity index (χ1n) is 5.81. The minimum Gasteiger partial charge on any atom is -0.477 e. The topological polar surface area (TPSA) is 76.0 Å². The predicted octanol–water partition coefficient (Wildman–Crippen LogP) is 2.87. The molecule has 98 valence electrons. The van der Waals surface area contributed by atoms with Crippen LogP contribution in [0.2, 0.25) is 0 Å². The number of pyridine rings is 1. The average Bonchev–Trinajstić information content (AvgIpc) is 2.48. The summed E-state index contributed by atoms with van der Waals surface area (Å²) in [6.07, 6.45) is 4.83. The van der Waals surface area contributed by atoms with Crippen LogP contribution in [0.5, 0.6) is 0 Å². The molecule has 3 rings (SSSR count). The van der Waals surface area contributed by atoms with Gasteiger partial charge in [-0.05, 0) is 12.1 Å². The van der Waals surface area contributed by atoms with Crippen LogP contribution in [0.1, 0.15) is 10.5 Å². The Morgan fingerprint density at radius 3 is 2.80 bits per heavy atom. The lowest BCUT2D eigenvalue weighted by molar-refractivity contribution is 0.0690. The van der Waals surface area contributed by atoms with Gasteiger partial charge in [0.25, 0.3) is 0 Å². The molecule has 6 heteroatoms. The van der Waals surface area contributed by atoms with Crippen LogP contribution in [0.4, 0.5) is 0 Å². The van der Waals surface area contributed by atoms with Gasteiger partial charge in [-0.25, -0.2) is 14.8 Å². The number of carboxylic acids is 1. The molecular weight excluding hydrogens is 274 g/mol. The van der Waals surface area contributed by atoms with Gasteiger partial charge < -0.3 is 5.11 Å². The highest BCUT2D eigenvalue weighted by Gasteiger charge is 2.12. The number of hydrogen-bond donors (Lipinski definition) is 1. The Balaban J connectivity index is 2.15. The van der Waals surface area contributed by atoms with Gasteiger partial charge in [0.15, 0.2) is 0 Å². The summed E-state index contributed by atoms with van der Waals surface area (Å²) in [7, 11) is 0. The molecule has 0 unspecified atom stereocenters. The Kier molecular flexibility index (Phi) is 3.30. The highest BCUT2D eigenvalue weighted by molar-refractivity contribution is 7.99. The summed E-state index contributed by atoms with van der Waals surface area (Å²) in [5, 5.41) is 10.7. The summed E-state index contributed by atoms with van der Waals surface area (Å²) in [6, 6.07) is 8.99. The number of carboxylic acid groups (broad SMARTS) is 1. The van der Waals surface area contributed by atoms with Gasteiger partial charge >= 0.3 is 5.97 Å². The second kappa shape index (κ2) is 5.26. The predicted molar refractivity (Wildman–Crippen MR) is 74.9 cm³/mol. The van der Waals surface area contributed by atoms with Crippen molar-refractivity contribution in [3.63, 3.8) is 0 Å². The van der Waals surface area contributed by atoms with Crippen molar-refractivity contribution in [3.05, 3.63) is 54.6 Å². The number of carbonyl (C=O) groups is 1. The molecule has 1 aromatic carbocycles. The number of aromatic carboxylic acids is 1. The molecule has 5 nitrogen and oxygen atoms in total. The molecule has 20 heavy (non-hydrogen) atoms. The van der Waals surface area contributed by atoms with Gasteiger partial charge in [-0.3, -0.25) is 4.98 Å². The van der Waals surface area contributed by atoms with Crippen LogP contribution in [-0.4, -0.2) is 26.0 Å². The molecule has 0 spiro atoms. The Bertz CT molecular complexity index is 778. The molecule has 3 aromatic rings. The maximum Gasteiger partial charge on any atom is 0.354 e. The molecule has 0 aliphatic rings. The molecule has 0 atom stereocenters. The zero-order valence-electron chi connectivity index (χ0n) is 10.2. The van der Waals surface area contributed by atoms with Crippen LogP contribution in [0.15, 0.2) is 58.8 Å². The maximum absolute atomic E-state index is 11.1. The second-order valence-corrected chi connectivity index (χ2v) is 5.04. The molecule has 0 saturated heterocycles. The summed E-state index contributed by atoms with van der Waals surface area (Å²) in [4.78, 5) is 24.3. The van der Waals surface area contributed by atoms with Crippen molar-refractivity contribution in [1.82, 2.24) is 15.0 Å². The number of nitrogens with zero attached hydrogens (tertiary/aromatic N) is 3. The van der Waals surface area contributed by atoms with Gasteiger partial charge in [-0.2, -0.15) is 0 Å². The third-order valence-corrected chi connectivity index (χ3v) is 3.63. The number of para-hydroxylation sites is 1. The third-order valence-electron chi connectivity index (χ3n) is 2.65. The summed E-state index contributed by atoms with van der Waals surface area (Å²) in [5.74, 6) is -1.04. The van der Waals surface area contributed by atoms with Crippen LogP contribution >= 0.6 is 11.8 Å². The van der Waals surface area contributed by atoms with Gasteiger partial charge in [0.2, 0.25) is 0 Å². The summed E-state index contributed by atoms with van der Waals surface area (Å²) in [5.41, 5.74) is 0.675. The zero-order chi connectivity index (χ0) is 13.9. The van der Waals surface area contributed by atoms with Crippen molar-refractivity contribution in [2.75, 3.05) is 0 Å². The van der Waals surface area contributed by atoms with E-state index >= 15 is 0 Å². The van der Waals surface area contributed by atoms with E-state index in [-0.39, 0.29) is 5.69 Å². The van der Waals surface area contributed by atoms with Crippen molar-refractivity contribution in [2.24, 2.45) is 0 Å². The maximum atomic E-state index is 11.1. The Hall–Kier alpha value is -2.47. The molecule has 0 fully saturated rings. The lowest BCUT2D eigenvalue weighted by atomic mass is 10.2. The van der Waals surface area contributed by atoms with E-state index in [1.54, 1.807) is 30.7 Å². The quantitative estimate of drug-likeness (QED) is 0.796. The van der Waals surface area contributed by atoms with Crippen LogP contribution in [-0.2, 0) is 0 Å². The zero-order valence-corrected chi connectivity index (χ0v) is 11.0. The van der Waals surface area contributed by atoms with Crippen molar-refractivity contribution in [1.29, 1.82) is 0 Å². The van der Waals surface area contributed by atoms with Crippen molar-refractivity contribution < 1.29 is 9.90 Å². The van der Waals surface area contributed by atoms with Crippen molar-refractivity contribution in [3.8, 4) is 0 Å². The van der Waals surface area contributed by atoms with Gasteiger partial charge in [0.05, 0.1) is 11.7 Å². The minimum atomic E-state index is -1.04. The largest absolute Gasteiger partial charge is 0.477 e. The SMILES string of the molecule is O=C(O)c1cc(Sc2cnccn2)c2ccccc2n1. The van der Waals surface area contributed by atoms with Crippen LogP contribution in [0.3, 0.4) is 0 Å². The number of benzene rings is 1. The molecule has 2 aromatic heterocycles. The Morgan fingerprint density at radius 2 is 2.05 bits per heavy atom. The third kappa shape index (κ3) is 2.46. The first-order chi connectivity index (χ1) is 9.74. The van der Waals surface area contributed by atoms with Crippen LogP contribution in [0, 0.1) is 0 Å². The van der Waals surface area contributed by atoms with Crippen LogP contribution in [0.25, 0.3) is 10.9 Å². The van der Waals surface area contributed by atoms with E-state index in [4.69, 9.17) is 5.11 Å². The molecule has 0 amide bonds. The van der Waals surface area contributed by atoms with Crippen molar-refractivity contribution in [2.45, 2.75) is 9.92 Å². The van der Waals surface area contributed by atoms with E-state index in [0.717, 1.165) is 10.3 Å². The van der Waals surface area contributed by atoms with Crippen molar-refractivity contribution >= 4 is 28.6 Å². The minimum absolute atomic E-state index is 0.0232. The summed E-state index contributed by atoms with van der Waals surface area (Å²) >= 11 is 1.37. The fourth-order valence-electron chi connectivity index (χ4n) is 1.79. The second-order valence-electron chi connectivity index (χ2n) is 3.97. The Labute approximate surface area is 118 Å². The fourth-order valence-corrected chi connectivity index (χ4v) is 2.69. The highest BCUT2D eigenvalue weighted by Crippen LogP contribution is 2.32. The van der Waals surface area contributed by atoms with Gasteiger partial charge in [-0.1, -0.05) is 30.0 Å². The van der Waals surface area contributed by atoms with E-state index in [1.165, 1.54) is 11.8 Å². The molecule has 2 heterocycles. The van der Waals surface area contributed by atoms with E-state index in [9.17, 15) is 4.79 Å². The standard InChI is InChI=1S/C14H9N3O2S/c18-14(19)11-7-12(20-13-8-15-5-6-16-13)9-3-1-2-4-10(9)17-11/h1-8H,(H,18,19). The smallest absolute Gasteiger partial charge is 0.354 e. The Morgan fingerprint density at radius 1 is 1.20 bits per heavy atom. The van der Waals surface area contributed by atoms with Crippen LogP contribution < -0.4 is 0 Å². The fraction of sp³-hybridized carbons (Fsp3) is 0. The molecule has 0 aliphatic carbocycles. The number of fused-ring (bicyclic) bond motifs is 1. The lowest BCUT2D eigenvalue weighted by Crippen LogP contribution is -2.01. The molecular formula is C14H9N3O2S. The average molecular weight is 283 g/mol. The number of aromatic nitrogens is 3. The molecule has 1 N–H and O–H groups in total. The molecule has 0 aliphatic heterocycles. The van der Waals surface area contributed by atoms with Gasteiger partial charge in [0, 0.05) is 22.7 Å². The number of hydrogen-bond acceptors (Lipinski definition) is 5. The molecule has 0 saturated carbocycles. The first kappa shape index (κ1) is 12.6. The lowest BCUT2D eigenvalue weighted by Gasteiger charge is -2.06. The monoisotopic (exact) mass is 283 g/mol. The summed E-state index contributed by atoms with van der Waals surface area (Å²) < 4.78 is 0. The highest BCUT2D eigenvalue weighted by atomic mass is 32.2. The van der Waals surface area contributed by atoms with E-state index in [2.05, 4.69) is 15.0 Å². The van der Waals surface area contributed by atoms with E-state index in [0.29, 0.717) is 10.5 Å². The summed E-state index contributed by atoms with van der Waals surface area (Å²) in [6.45, 7) is 0. The molecule has 0 bridgehead atoms. The molecule has 0 radical (unpaired) electrons. The normalized spacial score (nSPS) is 10.6.